The van der Waals surface area contributed by atoms with Crippen molar-refractivity contribution in [1.82, 2.24) is 40.0 Å². The van der Waals surface area contributed by atoms with E-state index in [0.29, 0.717) is 60.2 Å². The first-order valence-electron chi connectivity index (χ1n) is 42.5. The molecule has 6 aromatic rings. The minimum absolute atomic E-state index is 0.0115. The van der Waals surface area contributed by atoms with Crippen molar-refractivity contribution >= 4 is 58.8 Å². The largest absolute Gasteiger partial charge is 0.450 e. The second-order valence-corrected chi connectivity index (χ2v) is 35.2. The molecule has 6 aromatic carbocycles. The molecule has 5 N–H and O–H groups in total. The number of benzene rings is 6. The van der Waals surface area contributed by atoms with Gasteiger partial charge in [0.2, 0.25) is 5.91 Å². The lowest BCUT2D eigenvalue weighted by Gasteiger charge is -2.40. The summed E-state index contributed by atoms with van der Waals surface area (Å²) in [5.74, 6) is -1.61. The van der Waals surface area contributed by atoms with Crippen LogP contribution in [-0.4, -0.2) is 175 Å². The van der Waals surface area contributed by atoms with Crippen LogP contribution < -0.4 is 26.6 Å². The third-order valence-electron chi connectivity index (χ3n) is 27.1. The summed E-state index contributed by atoms with van der Waals surface area (Å²) in [7, 11) is 0. The minimum Gasteiger partial charge on any atom is -0.450 e. The van der Waals surface area contributed by atoms with Gasteiger partial charge in [-0.05, 0) is 303 Å². The lowest BCUT2D eigenvalue weighted by Crippen LogP contribution is -2.49. The topological polar surface area (TPSA) is 246 Å². The number of hydrogen-bond acceptors (Lipinski definition) is 12. The van der Waals surface area contributed by atoms with E-state index in [4.69, 9.17) is 16.3 Å². The highest BCUT2D eigenvalue weighted by atomic mass is 35.5. The Labute approximate surface area is 694 Å². The van der Waals surface area contributed by atoms with Crippen molar-refractivity contribution < 1.29 is 50.7 Å². The van der Waals surface area contributed by atoms with Crippen LogP contribution in [0, 0.1) is 92.7 Å². The molecule has 3 heterocycles. The third kappa shape index (κ3) is 20.7. The zero-order chi connectivity index (χ0) is 82.8. The Morgan fingerprint density at radius 1 is 0.483 bits per heavy atom. The quantitative estimate of drug-likeness (QED) is 0.0355. The summed E-state index contributed by atoms with van der Waals surface area (Å²) in [6.07, 6.45) is 19.3. The monoisotopic (exact) mass is 1630 g/mol. The molecule has 3 saturated heterocycles. The number of fused-ring (bicyclic) bond motifs is 3. The van der Waals surface area contributed by atoms with Crippen LogP contribution in [-0.2, 0) is 25.8 Å². The smallest absolute Gasteiger partial charge is 0.407 e. The zero-order valence-corrected chi connectivity index (χ0v) is 68.2. The molecule has 20 nitrogen and oxygen atoms in total. The Morgan fingerprint density at radius 2 is 0.890 bits per heavy atom. The molecule has 10 fully saturated rings. The number of urea groups is 3. The Morgan fingerprint density at radius 3 is 1.29 bits per heavy atom. The number of halogens is 6. The van der Waals surface area contributed by atoms with Crippen LogP contribution in [0.3, 0.4) is 0 Å². The van der Waals surface area contributed by atoms with E-state index in [1.165, 1.54) is 67.3 Å². The van der Waals surface area contributed by atoms with Crippen LogP contribution >= 0.6 is 11.6 Å². The molecule has 11 atom stereocenters. The first-order chi connectivity index (χ1) is 57.0. The van der Waals surface area contributed by atoms with E-state index in [1.54, 1.807) is 13.0 Å². The van der Waals surface area contributed by atoms with Crippen molar-refractivity contribution in [1.29, 1.82) is 15.8 Å². The molecule has 3 aliphatic heterocycles. The first-order valence-corrected chi connectivity index (χ1v) is 42.9. The van der Waals surface area contributed by atoms with Crippen molar-refractivity contribution in [3.05, 3.63) is 195 Å². The number of nitriles is 3. The van der Waals surface area contributed by atoms with Crippen LogP contribution in [0.5, 0.6) is 0 Å². The maximum Gasteiger partial charge on any atom is 0.407 e. The number of nitrogens with one attached hydrogen (secondary N) is 5. The van der Waals surface area contributed by atoms with Gasteiger partial charge in [-0.1, -0.05) is 48.0 Å². The van der Waals surface area contributed by atoms with Gasteiger partial charge in [0.1, 0.15) is 5.82 Å². The predicted molar refractivity (Wildman–Crippen MR) is 442 cm³/mol. The summed E-state index contributed by atoms with van der Waals surface area (Å²) < 4.78 is 73.2. The van der Waals surface area contributed by atoms with Crippen LogP contribution in [0.2, 0.25) is 5.02 Å². The maximum absolute atomic E-state index is 13.8. The van der Waals surface area contributed by atoms with Crippen molar-refractivity contribution in [3.8, 4) is 18.2 Å². The predicted octanol–water partition coefficient (Wildman–Crippen LogP) is 17.0. The Balaban J connectivity index is 0.000000146. The summed E-state index contributed by atoms with van der Waals surface area (Å²) in [6, 6.07) is 41.4. The number of ether oxygens (including phenoxy) is 1. The van der Waals surface area contributed by atoms with Crippen LogP contribution in [0.4, 0.5) is 58.2 Å². The van der Waals surface area contributed by atoms with Gasteiger partial charge >= 0.3 is 24.2 Å². The first kappa shape index (κ1) is 84.6. The van der Waals surface area contributed by atoms with Crippen molar-refractivity contribution in [2.45, 2.75) is 189 Å². The van der Waals surface area contributed by atoms with Crippen molar-refractivity contribution in [2.75, 3.05) is 101 Å². The van der Waals surface area contributed by atoms with Gasteiger partial charge in [-0.3, -0.25) is 4.79 Å². The number of carbonyl (C=O) groups excluding carboxylic acids is 5. The molecule has 7 saturated carbocycles. The summed E-state index contributed by atoms with van der Waals surface area (Å²) in [6.45, 7) is 13.8. The van der Waals surface area contributed by atoms with Gasteiger partial charge < -0.3 is 60.7 Å². The zero-order valence-electron chi connectivity index (χ0n) is 67.5. The summed E-state index contributed by atoms with van der Waals surface area (Å²) in [5, 5.41) is 42.5. The Hall–Kier alpha value is -9.84. The maximum atomic E-state index is 13.8. The molecule has 8 amide bonds. The van der Waals surface area contributed by atoms with Crippen molar-refractivity contribution in [2.24, 2.45) is 29.6 Å². The average Bonchev–Trinajstić information content (AvgIpc) is 1.57. The molecule has 10 aliphatic rings. The highest BCUT2D eigenvalue weighted by Gasteiger charge is 2.61. The van der Waals surface area contributed by atoms with Gasteiger partial charge in [0, 0.05) is 119 Å². The summed E-state index contributed by atoms with van der Waals surface area (Å²) >= 11 is 5.99. The van der Waals surface area contributed by atoms with Gasteiger partial charge in [-0.15, -0.1) is 0 Å². The number of hydrogen-bond donors (Lipinski definition) is 5. The second-order valence-electron chi connectivity index (χ2n) is 34.8. The van der Waals surface area contributed by atoms with Crippen molar-refractivity contribution in [3.63, 3.8) is 0 Å². The molecule has 118 heavy (non-hydrogen) atoms. The third-order valence-corrected chi connectivity index (χ3v) is 27.4. The van der Waals surface area contributed by atoms with Gasteiger partial charge in [0.25, 0.3) is 0 Å². The fourth-order valence-electron chi connectivity index (χ4n) is 20.4. The van der Waals surface area contributed by atoms with Crippen LogP contribution in [0.25, 0.3) is 0 Å². The van der Waals surface area contributed by atoms with Gasteiger partial charge in [0.15, 0.2) is 23.3 Å². The number of nitrogens with zero attached hydrogens (tertiary/aromatic N) is 9. The number of piperidine rings is 1. The molecular weight excluding hydrogens is 1530 g/mol. The fraction of sp³-hybridized carbons (Fsp3) is 0.522. The minimum atomic E-state index is -1.01. The second kappa shape index (κ2) is 37.6. The highest BCUT2D eigenvalue weighted by Crippen LogP contribution is 2.65. The van der Waals surface area contributed by atoms with E-state index in [2.05, 4.69) is 88.7 Å². The number of carbonyl (C=O) groups is 5. The number of likely N-dealkylation sites (tertiary alicyclic amines) is 3. The van der Waals surface area contributed by atoms with Gasteiger partial charge in [0.05, 0.1) is 46.5 Å². The number of anilines is 3. The molecule has 26 heteroatoms. The summed E-state index contributed by atoms with van der Waals surface area (Å²) in [5.41, 5.74) is 7.04. The molecule has 0 radical (unpaired) electrons. The average molecular weight is 1640 g/mol. The fourth-order valence-corrected chi connectivity index (χ4v) is 20.6. The van der Waals surface area contributed by atoms with E-state index < -0.39 is 35.2 Å². The highest BCUT2D eigenvalue weighted by molar-refractivity contribution is 6.31. The van der Waals surface area contributed by atoms with E-state index in [1.807, 2.05) is 58.3 Å². The molecule has 16 rings (SSSR count). The van der Waals surface area contributed by atoms with E-state index in [-0.39, 0.29) is 86.9 Å². The lowest BCUT2D eigenvalue weighted by molar-refractivity contribution is -0.119. The lowest BCUT2D eigenvalue weighted by atomic mass is 9.79. The van der Waals surface area contributed by atoms with Crippen LogP contribution in [0.15, 0.2) is 127 Å². The number of rotatable bonds is 24. The molecule has 0 aromatic heterocycles. The molecule has 6 unspecified atom stereocenters. The molecule has 624 valence electrons. The van der Waals surface area contributed by atoms with Gasteiger partial charge in [-0.25, -0.2) is 41.1 Å². The summed E-state index contributed by atoms with van der Waals surface area (Å²) in [4.78, 5) is 76.8. The van der Waals surface area contributed by atoms with E-state index in [0.717, 1.165) is 210 Å². The number of alkyl carbamates (subject to hydrolysis) is 1. The molecule has 0 bridgehead atoms. The molecule has 7 aliphatic carbocycles. The van der Waals surface area contributed by atoms with Crippen LogP contribution in [0.1, 0.15) is 176 Å². The van der Waals surface area contributed by atoms with E-state index >= 15 is 0 Å². The standard InChI is InChI=1S/C31H36ClFN4O.C31H37F2N5O3.C30H35F2N5O2/c32-28-16-26(6-7-29(28)33)35-30(38)37(20-22-9-12-36(13-10-22)19-21-4-5-21)27-8-11-31(17-25(31)15-27)24-3-1-2-23(14-24)18-34;1-2-41-30(40)36-25-10-14-37(20-25)12-4-13-38(29(39)35-24-7-8-27(32)28(33)17-24)26-9-11-31(18-23(31)16-26)22-6-3-5-21(15-22)19-34;1-20(38)34-25-9-13-36(19-25)11-3-12-37(29(39)35-24-6-7-27(31)28(32)16-24)26-8-10-30(17-23(30)15-26)22-5-2-4-21(14-22)18-33/h1-3,6-7,14,16,21-22,25,27H,4-5,8-13,15,17,19-20H2,(H,35,38);3,5-8,15,17,23,25-26H,2,4,9-14,16,18,20H2,1H3,(H,35,39)(H,36,40);2,4-7,14,16,23,25-26H,3,8-13,15,17,19H2,1H3,(H,34,38)(H,35,39)/t25?,27-,31+;23?,25?,26?,31-;23?,25?,26-,30+/m001/s1. The Kier molecular flexibility index (Phi) is 27.0. The molecule has 0 spiro atoms. The normalized spacial score (nSPS) is 26.0. The Bertz CT molecular complexity index is 4760. The number of amides is 8. The van der Waals surface area contributed by atoms with Gasteiger partial charge in [-0.2, -0.15) is 15.8 Å². The molecular formula is C92H108ClF5N14O6. The van der Waals surface area contributed by atoms with E-state index in [9.17, 15) is 61.7 Å². The SMILES string of the molecule is CC(=O)NC1CCN(CCCN(C(=O)Nc2ccc(F)c(F)c2)[C@@H]2CC[C@@]3(c4cccc(C#N)c4)CC3C2)C1.CCOC(=O)NC1CCN(CCCN(C(=O)Nc2ccc(F)c(F)c2)C2CC[C@@]3(c4cccc(C#N)c4)CC3C2)C1.N#Cc1cccc([C@]23CC[C@H](N(CC4CCN(CC5CC5)CC4)C(=O)Nc4ccc(F)c(Cl)c4)CC2C3)c1.